The van der Waals surface area contributed by atoms with E-state index in [1.54, 1.807) is 12.1 Å². The van der Waals surface area contributed by atoms with Crippen LogP contribution in [-0.4, -0.2) is 15.8 Å². The molecule has 0 bridgehead atoms. The zero-order chi connectivity index (χ0) is 15.4. The highest BCUT2D eigenvalue weighted by Crippen LogP contribution is 2.22. The van der Waals surface area contributed by atoms with E-state index in [-0.39, 0.29) is 17.1 Å². The van der Waals surface area contributed by atoms with Crippen LogP contribution >= 0.6 is 0 Å². The lowest BCUT2D eigenvalue weighted by Gasteiger charge is -2.10. The molecule has 21 heavy (non-hydrogen) atoms. The van der Waals surface area contributed by atoms with Crippen LogP contribution in [0.2, 0.25) is 0 Å². The van der Waals surface area contributed by atoms with Gasteiger partial charge in [-0.05, 0) is 24.1 Å². The quantitative estimate of drug-likeness (QED) is 0.662. The zero-order valence-corrected chi connectivity index (χ0v) is 11.4. The highest BCUT2D eigenvalue weighted by atomic mass is 16.6. The highest BCUT2D eigenvalue weighted by molar-refractivity contribution is 6.07. The van der Waals surface area contributed by atoms with Crippen LogP contribution in [0.4, 0.5) is 17.2 Å². The molecule has 7 heteroatoms. The highest BCUT2D eigenvalue weighted by Gasteiger charge is 2.21. The van der Waals surface area contributed by atoms with Gasteiger partial charge in [-0.25, -0.2) is 4.98 Å². The fourth-order valence-electron chi connectivity index (χ4n) is 1.93. The van der Waals surface area contributed by atoms with Crippen LogP contribution in [0.15, 0.2) is 36.5 Å². The van der Waals surface area contributed by atoms with Crippen molar-refractivity contribution in [2.75, 3.05) is 11.1 Å². The van der Waals surface area contributed by atoms with Gasteiger partial charge in [-0.3, -0.25) is 14.9 Å². The molecule has 2 rings (SSSR count). The van der Waals surface area contributed by atoms with Gasteiger partial charge in [-0.15, -0.1) is 0 Å². The van der Waals surface area contributed by atoms with E-state index in [0.717, 1.165) is 18.2 Å². The molecule has 1 aromatic carbocycles. The van der Waals surface area contributed by atoms with Gasteiger partial charge < -0.3 is 11.1 Å². The number of aromatic nitrogens is 1. The summed E-state index contributed by atoms with van der Waals surface area (Å²) in [5, 5.41) is 13.6. The molecule has 1 heterocycles. The molecule has 3 N–H and O–H groups in total. The van der Waals surface area contributed by atoms with Crippen LogP contribution in [-0.2, 0) is 6.42 Å². The van der Waals surface area contributed by atoms with E-state index < -0.39 is 10.8 Å². The molecule has 2 aromatic rings. The van der Waals surface area contributed by atoms with Crippen molar-refractivity contribution in [3.8, 4) is 0 Å². The lowest BCUT2D eigenvalue weighted by molar-refractivity contribution is -0.385. The number of rotatable bonds is 4. The van der Waals surface area contributed by atoms with Gasteiger partial charge in [0, 0.05) is 5.69 Å². The van der Waals surface area contributed by atoms with E-state index in [2.05, 4.69) is 10.3 Å². The SMILES string of the molecule is CCc1ccccc1NC(=O)c1cc(N)ncc1[N+](=O)[O-]. The maximum atomic E-state index is 12.3. The summed E-state index contributed by atoms with van der Waals surface area (Å²) in [4.78, 5) is 26.2. The lowest BCUT2D eigenvalue weighted by Crippen LogP contribution is -2.15. The Morgan fingerprint density at radius 3 is 2.81 bits per heavy atom. The summed E-state index contributed by atoms with van der Waals surface area (Å²) in [6.45, 7) is 1.96. The Balaban J connectivity index is 2.37. The average molecular weight is 286 g/mol. The van der Waals surface area contributed by atoms with Crippen LogP contribution in [0, 0.1) is 10.1 Å². The van der Waals surface area contributed by atoms with Gasteiger partial charge in [0.2, 0.25) is 0 Å². The van der Waals surface area contributed by atoms with Crippen LogP contribution < -0.4 is 11.1 Å². The molecule has 0 aliphatic carbocycles. The van der Waals surface area contributed by atoms with Crippen molar-refractivity contribution in [1.82, 2.24) is 4.98 Å². The van der Waals surface area contributed by atoms with Gasteiger partial charge in [0.15, 0.2) is 0 Å². The first kappa shape index (κ1) is 14.4. The van der Waals surface area contributed by atoms with Gasteiger partial charge in [-0.1, -0.05) is 25.1 Å². The predicted molar refractivity (Wildman–Crippen MR) is 79.1 cm³/mol. The van der Waals surface area contributed by atoms with Gasteiger partial charge in [-0.2, -0.15) is 0 Å². The van der Waals surface area contributed by atoms with Gasteiger partial charge in [0.25, 0.3) is 11.6 Å². The number of nitrogens with zero attached hydrogens (tertiary/aromatic N) is 2. The smallest absolute Gasteiger partial charge is 0.300 e. The minimum absolute atomic E-state index is 0.0505. The van der Waals surface area contributed by atoms with Crippen LogP contribution in [0.3, 0.4) is 0 Å². The fourth-order valence-corrected chi connectivity index (χ4v) is 1.93. The molecule has 0 spiro atoms. The van der Waals surface area contributed by atoms with E-state index in [1.165, 1.54) is 6.07 Å². The summed E-state index contributed by atoms with van der Waals surface area (Å²) in [5.74, 6) is -0.536. The second-order valence-corrected chi connectivity index (χ2v) is 4.35. The van der Waals surface area contributed by atoms with Crippen molar-refractivity contribution < 1.29 is 9.72 Å². The van der Waals surface area contributed by atoms with Crippen LogP contribution in [0.1, 0.15) is 22.8 Å². The third-order valence-corrected chi connectivity index (χ3v) is 2.99. The molecule has 0 unspecified atom stereocenters. The van der Waals surface area contributed by atoms with Crippen molar-refractivity contribution in [2.24, 2.45) is 0 Å². The molecule has 108 valence electrons. The molecular weight excluding hydrogens is 272 g/mol. The monoisotopic (exact) mass is 286 g/mol. The summed E-state index contributed by atoms with van der Waals surface area (Å²) in [5.41, 5.74) is 6.57. The van der Waals surface area contributed by atoms with Gasteiger partial charge in [0.05, 0.1) is 4.92 Å². The number of para-hydroxylation sites is 1. The maximum absolute atomic E-state index is 12.3. The number of anilines is 2. The number of nitro groups is 1. The number of benzene rings is 1. The first-order valence-corrected chi connectivity index (χ1v) is 6.32. The topological polar surface area (TPSA) is 111 Å². The second-order valence-electron chi connectivity index (χ2n) is 4.35. The molecular formula is C14H14N4O3. The number of pyridine rings is 1. The number of nitrogen functional groups attached to an aromatic ring is 1. The van der Waals surface area contributed by atoms with Crippen molar-refractivity contribution in [3.05, 3.63) is 57.8 Å². The number of nitrogens with one attached hydrogen (secondary N) is 1. The molecule has 0 fully saturated rings. The molecule has 0 aliphatic rings. The third-order valence-electron chi connectivity index (χ3n) is 2.99. The Kier molecular flexibility index (Phi) is 4.13. The molecule has 0 atom stereocenters. The largest absolute Gasteiger partial charge is 0.384 e. The van der Waals surface area contributed by atoms with E-state index in [0.29, 0.717) is 5.69 Å². The van der Waals surface area contributed by atoms with Crippen molar-refractivity contribution >= 4 is 23.1 Å². The predicted octanol–water partition coefficient (Wildman–Crippen LogP) is 2.39. The molecule has 7 nitrogen and oxygen atoms in total. The minimum atomic E-state index is -0.660. The summed E-state index contributed by atoms with van der Waals surface area (Å²) < 4.78 is 0. The molecule has 0 saturated carbocycles. The zero-order valence-electron chi connectivity index (χ0n) is 11.4. The number of hydrogen-bond donors (Lipinski definition) is 2. The maximum Gasteiger partial charge on any atom is 0.300 e. The third kappa shape index (κ3) is 3.14. The number of carbonyl (C=O) groups excluding carboxylic acids is 1. The number of amides is 1. The molecule has 1 amide bonds. The summed E-state index contributed by atoms with van der Waals surface area (Å²) >= 11 is 0. The van der Waals surface area contributed by atoms with E-state index in [1.807, 2.05) is 19.1 Å². The Bertz CT molecular complexity index is 700. The number of carbonyl (C=O) groups is 1. The standard InChI is InChI=1S/C14H14N4O3/c1-2-9-5-3-4-6-11(9)17-14(19)10-7-13(15)16-8-12(10)18(20)21/h3-8H,2H2,1H3,(H2,15,16)(H,17,19). The summed E-state index contributed by atoms with van der Waals surface area (Å²) in [6, 6.07) is 8.46. The van der Waals surface area contributed by atoms with Crippen molar-refractivity contribution in [3.63, 3.8) is 0 Å². The Hall–Kier alpha value is -2.96. The summed E-state index contributed by atoms with van der Waals surface area (Å²) in [7, 11) is 0. The normalized spacial score (nSPS) is 10.1. The number of aryl methyl sites for hydroxylation is 1. The van der Waals surface area contributed by atoms with E-state index in [9.17, 15) is 14.9 Å². The fraction of sp³-hybridized carbons (Fsp3) is 0.143. The Labute approximate surface area is 121 Å². The van der Waals surface area contributed by atoms with Gasteiger partial charge in [0.1, 0.15) is 17.6 Å². The Morgan fingerprint density at radius 2 is 2.14 bits per heavy atom. The first-order valence-electron chi connectivity index (χ1n) is 6.32. The Morgan fingerprint density at radius 1 is 1.43 bits per heavy atom. The molecule has 0 aliphatic heterocycles. The van der Waals surface area contributed by atoms with E-state index >= 15 is 0 Å². The first-order chi connectivity index (χ1) is 10.0. The van der Waals surface area contributed by atoms with E-state index in [4.69, 9.17) is 5.73 Å². The van der Waals surface area contributed by atoms with Crippen molar-refractivity contribution in [1.29, 1.82) is 0 Å². The average Bonchev–Trinajstić information content (AvgIpc) is 2.47. The summed E-state index contributed by atoms with van der Waals surface area (Å²) in [6.07, 6.45) is 1.72. The van der Waals surface area contributed by atoms with Crippen LogP contribution in [0.25, 0.3) is 0 Å². The minimum Gasteiger partial charge on any atom is -0.384 e. The molecule has 1 aromatic heterocycles. The van der Waals surface area contributed by atoms with Gasteiger partial charge >= 0.3 is 0 Å². The second kappa shape index (κ2) is 6.00. The molecule has 0 radical (unpaired) electrons. The lowest BCUT2D eigenvalue weighted by atomic mass is 10.1. The number of hydrogen-bond acceptors (Lipinski definition) is 5. The number of nitrogens with two attached hydrogens (primary N) is 1. The molecule has 0 saturated heterocycles. The van der Waals surface area contributed by atoms with Crippen molar-refractivity contribution in [2.45, 2.75) is 13.3 Å². The van der Waals surface area contributed by atoms with Crippen LogP contribution in [0.5, 0.6) is 0 Å².